The van der Waals surface area contributed by atoms with Crippen LogP contribution in [0.3, 0.4) is 0 Å². The highest BCUT2D eigenvalue weighted by Crippen LogP contribution is 2.45. The maximum absolute atomic E-state index is 6.45. The third kappa shape index (κ3) is 3.24. The fourth-order valence-corrected chi connectivity index (χ4v) is 4.89. The molecular weight excluding hydrogens is 334 g/mol. The monoisotopic (exact) mass is 355 g/mol. The summed E-state index contributed by atoms with van der Waals surface area (Å²) in [5, 5.41) is 0. The van der Waals surface area contributed by atoms with E-state index in [0.29, 0.717) is 5.92 Å². The molecule has 0 bridgehead atoms. The summed E-state index contributed by atoms with van der Waals surface area (Å²) in [4.78, 5) is 1.29. The number of nitrogens with two attached hydrogens (primary N) is 1. The summed E-state index contributed by atoms with van der Waals surface area (Å²) in [5.74, 6) is 1.61. The van der Waals surface area contributed by atoms with Crippen molar-refractivity contribution >= 4 is 27.7 Å². The van der Waals surface area contributed by atoms with E-state index in [4.69, 9.17) is 10.5 Å². The lowest BCUT2D eigenvalue weighted by atomic mass is 9.71. The molecule has 1 spiro atoms. The molecule has 2 fully saturated rings. The molecule has 1 heterocycles. The summed E-state index contributed by atoms with van der Waals surface area (Å²) < 4.78 is 7.16. The van der Waals surface area contributed by atoms with Gasteiger partial charge < -0.3 is 10.5 Å². The highest BCUT2D eigenvalue weighted by molar-refractivity contribution is 9.10. The third-order valence-corrected chi connectivity index (χ3v) is 6.84. The molecule has 0 aromatic heterocycles. The van der Waals surface area contributed by atoms with E-state index in [1.54, 1.807) is 0 Å². The van der Waals surface area contributed by atoms with Crippen molar-refractivity contribution in [3.8, 4) is 0 Å². The zero-order valence-electron chi connectivity index (χ0n) is 11.7. The van der Waals surface area contributed by atoms with Crippen molar-refractivity contribution < 1.29 is 4.74 Å². The first-order valence-electron chi connectivity index (χ1n) is 7.45. The average Bonchev–Trinajstić information content (AvgIpc) is 2.44. The molecular formula is C16H22BrNOS. The zero-order valence-corrected chi connectivity index (χ0v) is 14.1. The molecule has 0 amide bonds. The van der Waals surface area contributed by atoms with Gasteiger partial charge in [0.2, 0.25) is 0 Å². The molecule has 1 aliphatic carbocycles. The Morgan fingerprint density at radius 3 is 2.90 bits per heavy atom. The fourth-order valence-electron chi connectivity index (χ4n) is 3.23. The van der Waals surface area contributed by atoms with Gasteiger partial charge in [-0.15, -0.1) is 11.8 Å². The number of ether oxygens (including phenoxy) is 1. The van der Waals surface area contributed by atoms with E-state index in [1.807, 2.05) is 17.8 Å². The van der Waals surface area contributed by atoms with Crippen LogP contribution in [0.4, 0.5) is 0 Å². The first-order chi connectivity index (χ1) is 9.69. The molecule has 1 saturated heterocycles. The Bertz CT molecular complexity index is 464. The fraction of sp³-hybridized carbons (Fsp3) is 0.625. The van der Waals surface area contributed by atoms with Crippen LogP contribution in [0.2, 0.25) is 0 Å². The van der Waals surface area contributed by atoms with Gasteiger partial charge in [-0.1, -0.05) is 12.1 Å². The van der Waals surface area contributed by atoms with E-state index >= 15 is 0 Å². The number of halogens is 1. The Morgan fingerprint density at radius 1 is 1.40 bits per heavy atom. The summed E-state index contributed by atoms with van der Waals surface area (Å²) in [6.07, 6.45) is 6.11. The molecule has 1 saturated carbocycles. The first kappa shape index (κ1) is 14.9. The molecule has 110 valence electrons. The normalized spacial score (nSPS) is 26.2. The van der Waals surface area contributed by atoms with Crippen molar-refractivity contribution in [2.45, 2.75) is 48.6 Å². The number of thioether (sulfide) groups is 1. The molecule has 0 radical (unpaired) electrons. The predicted octanol–water partition coefficient (Wildman–Crippen LogP) is 4.22. The lowest BCUT2D eigenvalue weighted by molar-refractivity contribution is -0.145. The Hall–Kier alpha value is -0.0300. The van der Waals surface area contributed by atoms with E-state index < -0.39 is 0 Å². The first-order valence-corrected chi connectivity index (χ1v) is 9.23. The number of hydrogen-bond acceptors (Lipinski definition) is 3. The van der Waals surface area contributed by atoms with E-state index in [0.717, 1.165) is 18.8 Å². The lowest BCUT2D eigenvalue weighted by Gasteiger charge is -2.48. The largest absolute Gasteiger partial charge is 0.375 e. The highest BCUT2D eigenvalue weighted by atomic mass is 79.9. The smallest absolute Gasteiger partial charge is 0.0685 e. The van der Waals surface area contributed by atoms with Gasteiger partial charge in [-0.3, -0.25) is 0 Å². The van der Waals surface area contributed by atoms with Gasteiger partial charge in [0.05, 0.1) is 5.60 Å². The van der Waals surface area contributed by atoms with Crippen LogP contribution in [0, 0.1) is 5.92 Å². The molecule has 2 atom stereocenters. The molecule has 2 unspecified atom stereocenters. The van der Waals surface area contributed by atoms with Gasteiger partial charge in [0, 0.05) is 27.8 Å². The van der Waals surface area contributed by atoms with Gasteiger partial charge in [0.1, 0.15) is 0 Å². The van der Waals surface area contributed by atoms with Crippen molar-refractivity contribution in [1.82, 2.24) is 0 Å². The van der Waals surface area contributed by atoms with Crippen LogP contribution in [0.15, 0.2) is 33.6 Å². The average molecular weight is 356 g/mol. The summed E-state index contributed by atoms with van der Waals surface area (Å²) >= 11 is 5.46. The minimum atomic E-state index is 0.207. The summed E-state index contributed by atoms with van der Waals surface area (Å²) in [6, 6.07) is 8.64. The summed E-state index contributed by atoms with van der Waals surface area (Å²) in [6.45, 7) is 0.901. The van der Waals surface area contributed by atoms with Gasteiger partial charge in [0.25, 0.3) is 0 Å². The van der Waals surface area contributed by atoms with Crippen LogP contribution < -0.4 is 5.73 Å². The Morgan fingerprint density at radius 2 is 2.20 bits per heavy atom. The third-order valence-electron chi connectivity index (χ3n) is 4.67. The van der Waals surface area contributed by atoms with Gasteiger partial charge in [-0.25, -0.2) is 0 Å². The van der Waals surface area contributed by atoms with Gasteiger partial charge >= 0.3 is 0 Å². The Balaban J connectivity index is 1.54. The highest BCUT2D eigenvalue weighted by Gasteiger charge is 2.43. The predicted molar refractivity (Wildman–Crippen MR) is 88.1 cm³/mol. The molecule has 1 aliphatic heterocycles. The second-order valence-electron chi connectivity index (χ2n) is 6.04. The molecule has 2 nitrogen and oxygen atoms in total. The standard InChI is InChI=1S/C16H22BrNOS/c17-13-4-1-2-5-15(13)20-11-14(18)12-6-9-19-16(10-12)7-3-8-16/h1-2,4-5,12,14H,3,6-11,18H2. The van der Waals surface area contributed by atoms with E-state index in [-0.39, 0.29) is 11.6 Å². The molecule has 1 aromatic rings. The van der Waals surface area contributed by atoms with Crippen LogP contribution in [-0.2, 0) is 4.74 Å². The maximum Gasteiger partial charge on any atom is 0.0685 e. The van der Waals surface area contributed by atoms with Crippen molar-refractivity contribution in [1.29, 1.82) is 0 Å². The van der Waals surface area contributed by atoms with Crippen LogP contribution in [0.25, 0.3) is 0 Å². The second-order valence-corrected chi connectivity index (χ2v) is 7.96. The van der Waals surface area contributed by atoms with Crippen molar-refractivity contribution in [3.05, 3.63) is 28.7 Å². The number of rotatable bonds is 4. The summed E-state index contributed by atoms with van der Waals surface area (Å²) in [5.41, 5.74) is 6.66. The van der Waals surface area contributed by atoms with E-state index in [1.165, 1.54) is 35.1 Å². The minimum Gasteiger partial charge on any atom is -0.375 e. The Kier molecular flexibility index (Phi) is 4.75. The SMILES string of the molecule is NC(CSc1ccccc1Br)C1CCOC2(CCC2)C1. The summed E-state index contributed by atoms with van der Waals surface area (Å²) in [7, 11) is 0. The molecule has 3 rings (SSSR count). The number of hydrogen-bond donors (Lipinski definition) is 1. The van der Waals surface area contributed by atoms with Crippen molar-refractivity contribution in [3.63, 3.8) is 0 Å². The minimum absolute atomic E-state index is 0.207. The molecule has 4 heteroatoms. The lowest BCUT2D eigenvalue weighted by Crippen LogP contribution is -2.49. The van der Waals surface area contributed by atoms with Crippen molar-refractivity contribution in [2.24, 2.45) is 11.7 Å². The van der Waals surface area contributed by atoms with Gasteiger partial charge in [0.15, 0.2) is 0 Å². The van der Waals surface area contributed by atoms with Crippen LogP contribution in [0.1, 0.15) is 32.1 Å². The molecule has 1 aromatic carbocycles. The molecule has 2 aliphatic rings. The van der Waals surface area contributed by atoms with Crippen LogP contribution >= 0.6 is 27.7 Å². The second kappa shape index (κ2) is 6.39. The quantitative estimate of drug-likeness (QED) is 0.821. The maximum atomic E-state index is 6.45. The molecule has 20 heavy (non-hydrogen) atoms. The van der Waals surface area contributed by atoms with Crippen LogP contribution in [-0.4, -0.2) is 24.0 Å². The molecule has 2 N–H and O–H groups in total. The topological polar surface area (TPSA) is 35.2 Å². The van der Waals surface area contributed by atoms with Gasteiger partial charge in [-0.2, -0.15) is 0 Å². The number of benzene rings is 1. The van der Waals surface area contributed by atoms with E-state index in [9.17, 15) is 0 Å². The Labute approximate surface area is 134 Å². The zero-order chi connectivity index (χ0) is 14.0. The van der Waals surface area contributed by atoms with E-state index in [2.05, 4.69) is 34.1 Å². The van der Waals surface area contributed by atoms with Crippen molar-refractivity contribution in [2.75, 3.05) is 12.4 Å². The van der Waals surface area contributed by atoms with Crippen LogP contribution in [0.5, 0.6) is 0 Å². The van der Waals surface area contributed by atoms with Gasteiger partial charge in [-0.05, 0) is 66.1 Å².